The smallest absolute Gasteiger partial charge is 0.175 e. The second-order valence-corrected chi connectivity index (χ2v) is 9.69. The molecule has 0 fully saturated rings. The fraction of sp³-hybridized carbons (Fsp3) is 0.0385. The van der Waals surface area contributed by atoms with Crippen LogP contribution in [0, 0.1) is 11.3 Å². The molecule has 0 amide bonds. The molecule has 0 N–H and O–H groups in total. The van der Waals surface area contributed by atoms with E-state index in [9.17, 15) is 13.7 Å². The number of sulfone groups is 1. The Morgan fingerprint density at radius 2 is 1.60 bits per heavy atom. The van der Waals surface area contributed by atoms with Crippen LogP contribution >= 0.6 is 0 Å². The highest BCUT2D eigenvalue weighted by molar-refractivity contribution is 7.90. The van der Waals surface area contributed by atoms with Gasteiger partial charge in [0.2, 0.25) is 0 Å². The first-order chi connectivity index (χ1) is 16.9. The number of aromatic nitrogens is 3. The van der Waals surface area contributed by atoms with Crippen molar-refractivity contribution in [2.24, 2.45) is 0 Å². The molecule has 2 heterocycles. The summed E-state index contributed by atoms with van der Waals surface area (Å²) >= 11 is 0. The first kappa shape index (κ1) is 22.1. The Morgan fingerprint density at radius 3 is 2.31 bits per heavy atom. The predicted molar refractivity (Wildman–Crippen MR) is 130 cm³/mol. The van der Waals surface area contributed by atoms with Gasteiger partial charge in [0.15, 0.2) is 9.84 Å². The molecule has 0 radical (unpaired) electrons. The Bertz CT molecular complexity index is 1670. The summed E-state index contributed by atoms with van der Waals surface area (Å²) in [6.07, 6.45) is 4.41. The molecule has 0 unspecified atom stereocenters. The van der Waals surface area contributed by atoms with Crippen molar-refractivity contribution in [1.82, 2.24) is 14.5 Å². The van der Waals surface area contributed by atoms with Gasteiger partial charge >= 0.3 is 0 Å². The largest absolute Gasteiger partial charge is 0.457 e. The van der Waals surface area contributed by atoms with Crippen molar-refractivity contribution in [2.75, 3.05) is 6.26 Å². The maximum Gasteiger partial charge on any atom is 0.175 e. The van der Waals surface area contributed by atoms with E-state index in [4.69, 9.17) is 9.47 Å². The lowest BCUT2D eigenvalue weighted by Gasteiger charge is -2.09. The van der Waals surface area contributed by atoms with Crippen LogP contribution < -0.4 is 9.47 Å². The van der Waals surface area contributed by atoms with Gasteiger partial charge in [0.1, 0.15) is 41.2 Å². The summed E-state index contributed by atoms with van der Waals surface area (Å²) in [7, 11) is -3.27. The van der Waals surface area contributed by atoms with Gasteiger partial charge in [-0.05, 0) is 60.7 Å². The van der Waals surface area contributed by atoms with Crippen LogP contribution in [0.15, 0.2) is 96.3 Å². The van der Waals surface area contributed by atoms with Gasteiger partial charge in [-0.3, -0.25) is 4.57 Å². The van der Waals surface area contributed by atoms with Gasteiger partial charge in [-0.15, -0.1) is 0 Å². The molecular formula is C26H18N4O4S. The Kier molecular flexibility index (Phi) is 5.65. The second-order valence-electron chi connectivity index (χ2n) is 7.67. The monoisotopic (exact) mass is 482 g/mol. The minimum absolute atomic E-state index is 0.230. The standard InChI is InChI=1S/C26H18N4O4S/c1-35(31,32)22-10-6-19(7-11-22)33-20-8-12-23-24(14-20)30(17-29-23)26-13-9-21(16-28-26)34-25-5-3-2-4-18(25)15-27/h2-14,16-17H,1H3. The second kappa shape index (κ2) is 8.93. The molecule has 35 heavy (non-hydrogen) atoms. The number of rotatable bonds is 6. The van der Waals surface area contributed by atoms with Crippen molar-refractivity contribution in [3.05, 3.63) is 97.0 Å². The Hall–Kier alpha value is -4.68. The Morgan fingerprint density at radius 1 is 0.857 bits per heavy atom. The van der Waals surface area contributed by atoms with Crippen LogP contribution in [0.4, 0.5) is 0 Å². The van der Waals surface area contributed by atoms with E-state index >= 15 is 0 Å². The number of ether oxygens (including phenoxy) is 2. The number of para-hydroxylation sites is 1. The summed E-state index contributed by atoms with van der Waals surface area (Å²) in [6.45, 7) is 0. The Balaban J connectivity index is 1.39. The molecule has 0 bridgehead atoms. The molecule has 0 aliphatic rings. The van der Waals surface area contributed by atoms with E-state index in [2.05, 4.69) is 16.0 Å². The zero-order chi connectivity index (χ0) is 24.4. The first-order valence-corrected chi connectivity index (χ1v) is 12.4. The molecule has 3 aromatic carbocycles. The SMILES string of the molecule is CS(=O)(=O)c1ccc(Oc2ccc3ncn(-c4ccc(Oc5ccccc5C#N)cn4)c3c2)cc1. The molecule has 0 saturated carbocycles. The molecule has 0 aliphatic heterocycles. The minimum atomic E-state index is -3.27. The highest BCUT2D eigenvalue weighted by Crippen LogP contribution is 2.29. The van der Waals surface area contributed by atoms with Crippen molar-refractivity contribution < 1.29 is 17.9 Å². The molecule has 8 nitrogen and oxygen atoms in total. The number of nitrogens with zero attached hydrogens (tertiary/aromatic N) is 4. The summed E-state index contributed by atoms with van der Waals surface area (Å²) in [5.41, 5.74) is 1.98. The third kappa shape index (κ3) is 4.69. The Labute approximate surface area is 201 Å². The van der Waals surface area contributed by atoms with Crippen molar-refractivity contribution in [2.45, 2.75) is 4.90 Å². The van der Waals surface area contributed by atoms with Crippen molar-refractivity contribution in [3.8, 4) is 34.9 Å². The van der Waals surface area contributed by atoms with Gasteiger partial charge in [0.25, 0.3) is 0 Å². The number of nitriles is 1. The predicted octanol–water partition coefficient (Wildman–Crippen LogP) is 5.28. The molecule has 0 spiro atoms. The van der Waals surface area contributed by atoms with Gasteiger partial charge < -0.3 is 9.47 Å². The van der Waals surface area contributed by atoms with Gasteiger partial charge in [0, 0.05) is 12.3 Å². The number of hydrogen-bond donors (Lipinski definition) is 0. The van der Waals surface area contributed by atoms with Gasteiger partial charge in [-0.2, -0.15) is 5.26 Å². The van der Waals surface area contributed by atoms with Gasteiger partial charge in [0.05, 0.1) is 27.7 Å². The topological polar surface area (TPSA) is 107 Å². The molecule has 9 heteroatoms. The average Bonchev–Trinajstić information content (AvgIpc) is 3.28. The van der Waals surface area contributed by atoms with E-state index in [-0.39, 0.29) is 4.90 Å². The lowest BCUT2D eigenvalue weighted by Crippen LogP contribution is -1.97. The van der Waals surface area contributed by atoms with Crippen LogP contribution in [0.2, 0.25) is 0 Å². The zero-order valence-electron chi connectivity index (χ0n) is 18.5. The highest BCUT2D eigenvalue weighted by Gasteiger charge is 2.11. The van der Waals surface area contributed by atoms with Crippen molar-refractivity contribution in [1.29, 1.82) is 5.26 Å². The van der Waals surface area contributed by atoms with Crippen molar-refractivity contribution >= 4 is 20.9 Å². The summed E-state index contributed by atoms with van der Waals surface area (Å²) in [5.74, 6) is 2.68. The number of hydrogen-bond acceptors (Lipinski definition) is 7. The molecule has 5 aromatic rings. The van der Waals surface area contributed by atoms with Crippen LogP contribution in [-0.2, 0) is 9.84 Å². The van der Waals surface area contributed by atoms with E-state index in [1.54, 1.807) is 67.1 Å². The maximum absolute atomic E-state index is 11.7. The zero-order valence-corrected chi connectivity index (χ0v) is 19.3. The summed E-state index contributed by atoms with van der Waals surface area (Å²) in [6, 6.07) is 24.4. The van der Waals surface area contributed by atoms with E-state index in [1.807, 2.05) is 16.7 Å². The van der Waals surface area contributed by atoms with E-state index in [0.29, 0.717) is 34.4 Å². The number of imidazole rings is 1. The van der Waals surface area contributed by atoms with Gasteiger partial charge in [-0.1, -0.05) is 12.1 Å². The number of fused-ring (bicyclic) bond motifs is 1. The highest BCUT2D eigenvalue weighted by atomic mass is 32.2. The molecule has 0 saturated heterocycles. The van der Waals surface area contributed by atoms with Crippen LogP contribution in [0.3, 0.4) is 0 Å². The van der Waals surface area contributed by atoms with Crippen LogP contribution in [-0.4, -0.2) is 29.2 Å². The van der Waals surface area contributed by atoms with E-state index in [1.165, 1.54) is 12.1 Å². The fourth-order valence-electron chi connectivity index (χ4n) is 3.47. The number of pyridine rings is 1. The maximum atomic E-state index is 11.7. The van der Waals surface area contributed by atoms with Crippen molar-refractivity contribution in [3.63, 3.8) is 0 Å². The average molecular weight is 483 g/mol. The quantitative estimate of drug-likeness (QED) is 0.324. The normalized spacial score (nSPS) is 11.2. The minimum Gasteiger partial charge on any atom is -0.457 e. The molecule has 172 valence electrons. The summed E-state index contributed by atoms with van der Waals surface area (Å²) in [4.78, 5) is 9.14. The van der Waals surface area contributed by atoms with E-state index in [0.717, 1.165) is 17.3 Å². The first-order valence-electron chi connectivity index (χ1n) is 10.5. The lowest BCUT2D eigenvalue weighted by atomic mass is 10.2. The van der Waals surface area contributed by atoms with Gasteiger partial charge in [-0.25, -0.2) is 18.4 Å². The fourth-order valence-corrected chi connectivity index (χ4v) is 4.11. The number of benzene rings is 3. The molecule has 0 atom stereocenters. The molecule has 2 aromatic heterocycles. The molecule has 5 rings (SSSR count). The van der Waals surface area contributed by atoms with Crippen LogP contribution in [0.1, 0.15) is 5.56 Å². The molecule has 0 aliphatic carbocycles. The van der Waals surface area contributed by atoms with Crippen LogP contribution in [0.25, 0.3) is 16.9 Å². The summed E-state index contributed by atoms with van der Waals surface area (Å²) in [5, 5.41) is 9.24. The summed E-state index contributed by atoms with van der Waals surface area (Å²) < 4.78 is 36.9. The third-order valence-electron chi connectivity index (χ3n) is 5.21. The molecular weight excluding hydrogens is 464 g/mol. The van der Waals surface area contributed by atoms with E-state index < -0.39 is 9.84 Å². The van der Waals surface area contributed by atoms with Crippen LogP contribution in [0.5, 0.6) is 23.0 Å². The lowest BCUT2D eigenvalue weighted by molar-refractivity contribution is 0.478. The third-order valence-corrected chi connectivity index (χ3v) is 6.34.